The number of allylic oxidation sites excluding steroid dienone is 6. The van der Waals surface area contributed by atoms with Crippen molar-refractivity contribution >= 4 is 44.2 Å². The fraction of sp³-hybridized carbons (Fsp3) is 0.233. The lowest BCUT2D eigenvalue weighted by Crippen LogP contribution is -2.26. The van der Waals surface area contributed by atoms with E-state index in [1.54, 1.807) is 0 Å². The summed E-state index contributed by atoms with van der Waals surface area (Å²) in [6.45, 7) is 13.8. The SMILES string of the molecule is Cc1ccc2c3c(ccc2c1)N(C)C(=CC=C(C=CC1=[N+](C)c2ccc4cc(C)ccc4c2C1(C)C)c1ccccc1)C3(C)C. The van der Waals surface area contributed by atoms with Crippen LogP contribution in [0.25, 0.3) is 27.1 Å². The van der Waals surface area contributed by atoms with Crippen LogP contribution in [0, 0.1) is 13.8 Å². The van der Waals surface area contributed by atoms with Crippen LogP contribution in [-0.2, 0) is 10.8 Å². The van der Waals surface area contributed by atoms with Crippen LogP contribution in [0.15, 0.2) is 121 Å². The second-order valence-corrected chi connectivity index (χ2v) is 14.0. The van der Waals surface area contributed by atoms with Gasteiger partial charge in [0.1, 0.15) is 7.05 Å². The van der Waals surface area contributed by atoms with Gasteiger partial charge in [-0.15, -0.1) is 0 Å². The highest BCUT2D eigenvalue weighted by molar-refractivity contribution is 6.08. The lowest BCUT2D eigenvalue weighted by molar-refractivity contribution is -0.401. The molecule has 2 heteroatoms. The van der Waals surface area contributed by atoms with E-state index in [0.29, 0.717) is 0 Å². The van der Waals surface area contributed by atoms with Crippen molar-refractivity contribution in [2.75, 3.05) is 19.0 Å². The van der Waals surface area contributed by atoms with Crippen LogP contribution in [0.2, 0.25) is 0 Å². The number of anilines is 1. The first-order chi connectivity index (χ1) is 21.5. The Hall–Kier alpha value is -4.69. The Morgan fingerprint density at radius 2 is 1.33 bits per heavy atom. The van der Waals surface area contributed by atoms with Gasteiger partial charge in [-0.25, -0.2) is 0 Å². The molecule has 224 valence electrons. The van der Waals surface area contributed by atoms with Crippen molar-refractivity contribution in [3.63, 3.8) is 0 Å². The molecule has 0 saturated carbocycles. The van der Waals surface area contributed by atoms with Gasteiger partial charge in [0.15, 0.2) is 5.71 Å². The fourth-order valence-corrected chi connectivity index (χ4v) is 7.96. The van der Waals surface area contributed by atoms with Crippen molar-refractivity contribution in [1.82, 2.24) is 0 Å². The first-order valence-corrected chi connectivity index (χ1v) is 16.1. The minimum absolute atomic E-state index is 0.135. The molecule has 0 unspecified atom stereocenters. The largest absolute Gasteiger partial charge is 0.347 e. The lowest BCUT2D eigenvalue weighted by atomic mass is 9.78. The predicted molar refractivity (Wildman–Crippen MR) is 194 cm³/mol. The number of hydrogen-bond donors (Lipinski definition) is 0. The zero-order valence-corrected chi connectivity index (χ0v) is 27.9. The van der Waals surface area contributed by atoms with Gasteiger partial charge in [0.25, 0.3) is 0 Å². The first-order valence-electron chi connectivity index (χ1n) is 16.1. The second kappa shape index (κ2) is 10.4. The van der Waals surface area contributed by atoms with Crippen LogP contribution < -0.4 is 4.90 Å². The van der Waals surface area contributed by atoms with Crippen molar-refractivity contribution in [1.29, 1.82) is 0 Å². The molecule has 5 aromatic rings. The number of aryl methyl sites for hydroxylation is 2. The molecule has 0 spiro atoms. The minimum Gasteiger partial charge on any atom is -0.347 e. The zero-order valence-electron chi connectivity index (χ0n) is 27.9. The molecule has 2 heterocycles. The summed E-state index contributed by atoms with van der Waals surface area (Å²) in [7, 11) is 4.42. The molecule has 0 amide bonds. The van der Waals surface area contributed by atoms with Crippen LogP contribution in [0.1, 0.15) is 55.5 Å². The molecular weight excluding hydrogens is 544 g/mol. The maximum Gasteiger partial charge on any atom is 0.210 e. The topological polar surface area (TPSA) is 6.25 Å². The monoisotopic (exact) mass is 587 g/mol. The molecule has 2 aliphatic heterocycles. The fourth-order valence-electron chi connectivity index (χ4n) is 7.96. The van der Waals surface area contributed by atoms with Crippen molar-refractivity contribution in [2.24, 2.45) is 0 Å². The maximum atomic E-state index is 2.38. The van der Waals surface area contributed by atoms with Crippen molar-refractivity contribution < 1.29 is 4.58 Å². The Labute approximate surface area is 268 Å². The average Bonchev–Trinajstić information content (AvgIpc) is 3.34. The number of nitrogens with zero attached hydrogens (tertiary/aromatic N) is 2. The Balaban J connectivity index is 1.32. The van der Waals surface area contributed by atoms with Crippen LogP contribution in [-0.4, -0.2) is 24.4 Å². The van der Waals surface area contributed by atoms with Crippen molar-refractivity contribution in [3.8, 4) is 0 Å². The zero-order chi connectivity index (χ0) is 31.7. The molecule has 45 heavy (non-hydrogen) atoms. The summed E-state index contributed by atoms with van der Waals surface area (Å²) in [6.07, 6.45) is 9.30. The number of rotatable bonds is 4. The van der Waals surface area contributed by atoms with Crippen molar-refractivity contribution in [2.45, 2.75) is 52.4 Å². The molecule has 0 N–H and O–H groups in total. The van der Waals surface area contributed by atoms with Gasteiger partial charge in [0.2, 0.25) is 5.69 Å². The van der Waals surface area contributed by atoms with Crippen LogP contribution in [0.3, 0.4) is 0 Å². The molecule has 5 aromatic carbocycles. The summed E-state index contributed by atoms with van der Waals surface area (Å²) in [6, 6.07) is 33.6. The Morgan fingerprint density at radius 1 is 0.711 bits per heavy atom. The summed E-state index contributed by atoms with van der Waals surface area (Å²) in [4.78, 5) is 2.38. The molecule has 0 bridgehead atoms. The van der Waals surface area contributed by atoms with Gasteiger partial charge in [0.05, 0.1) is 5.41 Å². The predicted octanol–water partition coefficient (Wildman–Crippen LogP) is 10.6. The summed E-state index contributed by atoms with van der Waals surface area (Å²) < 4.78 is 2.38. The summed E-state index contributed by atoms with van der Waals surface area (Å²) in [5, 5.41) is 5.31. The van der Waals surface area contributed by atoms with E-state index in [0.717, 1.165) is 0 Å². The average molecular weight is 588 g/mol. The highest BCUT2D eigenvalue weighted by atomic mass is 15.2. The minimum atomic E-state index is -0.135. The van der Waals surface area contributed by atoms with Gasteiger partial charge in [-0.1, -0.05) is 104 Å². The van der Waals surface area contributed by atoms with Crippen LogP contribution >= 0.6 is 0 Å². The summed E-state index contributed by atoms with van der Waals surface area (Å²) >= 11 is 0. The highest BCUT2D eigenvalue weighted by Gasteiger charge is 2.44. The summed E-state index contributed by atoms with van der Waals surface area (Å²) in [5.74, 6) is 0. The third-order valence-corrected chi connectivity index (χ3v) is 10.2. The van der Waals surface area contributed by atoms with E-state index in [9.17, 15) is 0 Å². The molecule has 0 radical (unpaired) electrons. The standard InChI is InChI=1S/C43H43N2/c1-28-14-20-34-32(26-28)16-22-36-40(34)42(3,4)38(44(36)7)24-18-31(30-12-10-9-11-13-30)19-25-39-43(5,6)41-35-21-15-29(2)27-33(35)17-23-37(41)45(39)8/h9-27H,1-8H3/q+1. The Bertz CT molecular complexity index is 2130. The van der Waals surface area contributed by atoms with Crippen molar-refractivity contribution in [3.05, 3.63) is 149 Å². The molecule has 0 atom stereocenters. The van der Waals surface area contributed by atoms with E-state index in [-0.39, 0.29) is 10.8 Å². The van der Waals surface area contributed by atoms with E-state index in [4.69, 9.17) is 0 Å². The van der Waals surface area contributed by atoms with E-state index in [2.05, 4.69) is 180 Å². The third-order valence-electron chi connectivity index (χ3n) is 10.2. The molecule has 0 aliphatic carbocycles. The van der Waals surface area contributed by atoms with E-state index >= 15 is 0 Å². The molecule has 7 rings (SSSR count). The number of fused-ring (bicyclic) bond motifs is 6. The molecular formula is C43H43N2+. The normalized spacial score (nSPS) is 18.1. The number of likely N-dealkylation sites (N-methyl/N-ethyl adjacent to an activating group) is 1. The first kappa shape index (κ1) is 29.0. The van der Waals surface area contributed by atoms with E-state index in [1.165, 1.54) is 77.7 Å². The Morgan fingerprint density at radius 3 is 2.00 bits per heavy atom. The number of hydrogen-bond acceptors (Lipinski definition) is 1. The summed E-state index contributed by atoms with van der Waals surface area (Å²) in [5.41, 5.74) is 12.7. The van der Waals surface area contributed by atoms with Gasteiger partial charge >= 0.3 is 0 Å². The quantitative estimate of drug-likeness (QED) is 0.150. The third kappa shape index (κ3) is 4.58. The molecule has 2 aliphatic rings. The van der Waals surface area contributed by atoms with Gasteiger partial charge in [0, 0.05) is 41.6 Å². The molecule has 0 fully saturated rings. The highest BCUT2D eigenvalue weighted by Crippen LogP contribution is 2.50. The van der Waals surface area contributed by atoms with Crippen LogP contribution in [0.5, 0.6) is 0 Å². The smallest absolute Gasteiger partial charge is 0.210 e. The van der Waals surface area contributed by atoms with Crippen LogP contribution in [0.4, 0.5) is 11.4 Å². The molecule has 0 aromatic heterocycles. The second-order valence-electron chi connectivity index (χ2n) is 14.0. The molecule has 0 saturated heterocycles. The van der Waals surface area contributed by atoms with Gasteiger partial charge in [-0.05, 0) is 90.2 Å². The van der Waals surface area contributed by atoms with E-state index in [1.807, 2.05) is 0 Å². The maximum absolute atomic E-state index is 2.38. The van der Waals surface area contributed by atoms with Gasteiger partial charge in [-0.2, -0.15) is 4.58 Å². The molecule has 2 nitrogen and oxygen atoms in total. The Kier molecular flexibility index (Phi) is 6.74. The number of benzene rings is 5. The van der Waals surface area contributed by atoms with Gasteiger partial charge < -0.3 is 4.90 Å². The lowest BCUT2D eigenvalue weighted by Gasteiger charge is -2.24. The van der Waals surface area contributed by atoms with E-state index < -0.39 is 0 Å². The van der Waals surface area contributed by atoms with Gasteiger partial charge in [-0.3, -0.25) is 0 Å².